The molecule has 0 spiro atoms. The minimum absolute atomic E-state index is 0.291. The second-order valence-corrected chi connectivity index (χ2v) is 4.61. The van der Waals surface area contributed by atoms with Gasteiger partial charge in [-0.1, -0.05) is 31.2 Å². The molecule has 2 atom stereocenters. The van der Waals surface area contributed by atoms with Crippen molar-refractivity contribution in [2.75, 3.05) is 6.61 Å². The molecule has 0 amide bonds. The van der Waals surface area contributed by atoms with Crippen LogP contribution in [0, 0.1) is 0 Å². The van der Waals surface area contributed by atoms with Crippen molar-refractivity contribution in [3.8, 4) is 0 Å². The molecule has 1 aliphatic carbocycles. The van der Waals surface area contributed by atoms with Gasteiger partial charge in [-0.25, -0.2) is 4.79 Å². The Bertz CT molecular complexity index is 427. The van der Waals surface area contributed by atoms with Crippen molar-refractivity contribution in [3.63, 3.8) is 0 Å². The minimum Gasteiger partial charge on any atom is -0.464 e. The fourth-order valence-electron chi connectivity index (χ4n) is 2.48. The van der Waals surface area contributed by atoms with Crippen molar-refractivity contribution in [2.24, 2.45) is 0 Å². The molecule has 1 N–H and O–H groups in total. The smallest absolute Gasteiger partial charge is 0.342 e. The Balaban J connectivity index is 2.45. The van der Waals surface area contributed by atoms with E-state index in [1.807, 2.05) is 24.3 Å². The van der Waals surface area contributed by atoms with Gasteiger partial charge in [-0.3, -0.25) is 0 Å². The predicted octanol–water partition coefficient (Wildman–Crippen LogP) is 2.33. The first kappa shape index (κ1) is 12.1. The lowest BCUT2D eigenvalue weighted by Gasteiger charge is -2.35. The number of hydrogen-bond donors (Lipinski definition) is 1. The highest BCUT2D eigenvalue weighted by atomic mass is 16.5. The van der Waals surface area contributed by atoms with Gasteiger partial charge in [-0.2, -0.15) is 0 Å². The van der Waals surface area contributed by atoms with Crippen molar-refractivity contribution < 1.29 is 14.6 Å². The summed E-state index contributed by atoms with van der Waals surface area (Å²) in [6.07, 6.45) is 1.23. The van der Waals surface area contributed by atoms with Gasteiger partial charge in [-0.15, -0.1) is 0 Å². The number of benzene rings is 1. The zero-order valence-corrected chi connectivity index (χ0v) is 10.3. The molecule has 0 bridgehead atoms. The summed E-state index contributed by atoms with van der Waals surface area (Å²) in [7, 11) is 0. The molecule has 0 aromatic heterocycles. The van der Waals surface area contributed by atoms with Crippen molar-refractivity contribution in [1.29, 1.82) is 0 Å². The van der Waals surface area contributed by atoms with Gasteiger partial charge in [0.05, 0.1) is 6.61 Å². The molecular weight excluding hydrogens is 216 g/mol. The topological polar surface area (TPSA) is 46.5 Å². The summed E-state index contributed by atoms with van der Waals surface area (Å²) in [6.45, 7) is 4.15. The number of rotatable bonds is 2. The van der Waals surface area contributed by atoms with Gasteiger partial charge in [-0.05, 0) is 36.8 Å². The van der Waals surface area contributed by atoms with E-state index in [9.17, 15) is 9.90 Å². The molecule has 3 heteroatoms. The van der Waals surface area contributed by atoms with Gasteiger partial charge in [0.25, 0.3) is 0 Å². The summed E-state index contributed by atoms with van der Waals surface area (Å²) in [5.74, 6) is -0.153. The van der Waals surface area contributed by atoms with E-state index in [2.05, 4.69) is 6.92 Å². The lowest BCUT2D eigenvalue weighted by Crippen LogP contribution is -2.41. The molecule has 2 unspecified atom stereocenters. The van der Waals surface area contributed by atoms with Crippen molar-refractivity contribution in [3.05, 3.63) is 35.4 Å². The highest BCUT2D eigenvalue weighted by Gasteiger charge is 2.44. The zero-order chi connectivity index (χ0) is 12.5. The van der Waals surface area contributed by atoms with Crippen LogP contribution in [0.25, 0.3) is 0 Å². The molecule has 1 aromatic rings. The number of carbonyl (C=O) groups excluding carboxylic acids is 1. The SMILES string of the molecule is CCOC(=O)C1(O)CCC(C)c2ccccc21. The first-order chi connectivity index (χ1) is 8.09. The molecule has 1 aromatic carbocycles. The van der Waals surface area contributed by atoms with Crippen LogP contribution in [0.2, 0.25) is 0 Å². The molecule has 0 saturated carbocycles. The number of esters is 1. The van der Waals surface area contributed by atoms with Gasteiger partial charge < -0.3 is 9.84 Å². The molecular formula is C14H18O3. The molecule has 1 aliphatic rings. The van der Waals surface area contributed by atoms with Gasteiger partial charge >= 0.3 is 5.97 Å². The van der Waals surface area contributed by atoms with Gasteiger partial charge in [0.2, 0.25) is 0 Å². The standard InChI is InChI=1S/C14H18O3/c1-3-17-13(15)14(16)9-8-10(2)11-6-4-5-7-12(11)14/h4-7,10,16H,3,8-9H2,1-2H3. The van der Waals surface area contributed by atoms with Crippen LogP contribution in [0.5, 0.6) is 0 Å². The molecule has 3 nitrogen and oxygen atoms in total. The minimum atomic E-state index is -1.46. The van der Waals surface area contributed by atoms with E-state index in [0.717, 1.165) is 12.0 Å². The van der Waals surface area contributed by atoms with Crippen LogP contribution in [0.1, 0.15) is 43.7 Å². The van der Waals surface area contributed by atoms with Crippen molar-refractivity contribution in [2.45, 2.75) is 38.2 Å². The van der Waals surface area contributed by atoms with E-state index in [-0.39, 0.29) is 0 Å². The summed E-state index contributed by atoms with van der Waals surface area (Å²) in [5.41, 5.74) is 0.297. The van der Waals surface area contributed by atoms with Crippen LogP contribution in [0.15, 0.2) is 24.3 Å². The number of ether oxygens (including phenoxy) is 1. The Morgan fingerprint density at radius 1 is 1.53 bits per heavy atom. The lowest BCUT2D eigenvalue weighted by molar-refractivity contribution is -0.168. The van der Waals surface area contributed by atoms with Crippen LogP contribution in [0.3, 0.4) is 0 Å². The third kappa shape index (κ3) is 1.95. The molecule has 0 radical (unpaired) electrons. The number of aliphatic hydroxyl groups is 1. The van der Waals surface area contributed by atoms with E-state index in [0.29, 0.717) is 24.5 Å². The van der Waals surface area contributed by atoms with Crippen LogP contribution >= 0.6 is 0 Å². The first-order valence-corrected chi connectivity index (χ1v) is 6.08. The molecule has 2 rings (SSSR count). The molecule has 17 heavy (non-hydrogen) atoms. The fraction of sp³-hybridized carbons (Fsp3) is 0.500. The van der Waals surface area contributed by atoms with Crippen molar-refractivity contribution in [1.82, 2.24) is 0 Å². The van der Waals surface area contributed by atoms with Crippen LogP contribution in [-0.4, -0.2) is 17.7 Å². The predicted molar refractivity (Wildman–Crippen MR) is 64.6 cm³/mol. The summed E-state index contributed by atoms with van der Waals surface area (Å²) in [4.78, 5) is 11.9. The average Bonchev–Trinajstić information content (AvgIpc) is 2.35. The van der Waals surface area contributed by atoms with Crippen LogP contribution < -0.4 is 0 Å². The molecule has 0 fully saturated rings. The maximum atomic E-state index is 11.9. The Morgan fingerprint density at radius 3 is 2.94 bits per heavy atom. The molecule has 0 heterocycles. The molecule has 92 valence electrons. The van der Waals surface area contributed by atoms with Gasteiger partial charge in [0.1, 0.15) is 0 Å². The van der Waals surface area contributed by atoms with Crippen LogP contribution in [-0.2, 0) is 15.1 Å². The second-order valence-electron chi connectivity index (χ2n) is 4.61. The summed E-state index contributed by atoms with van der Waals surface area (Å²) in [6, 6.07) is 7.58. The number of hydrogen-bond acceptors (Lipinski definition) is 3. The van der Waals surface area contributed by atoms with E-state index >= 15 is 0 Å². The Morgan fingerprint density at radius 2 is 2.24 bits per heavy atom. The lowest BCUT2D eigenvalue weighted by atomic mass is 9.74. The van der Waals surface area contributed by atoms with Crippen LogP contribution in [0.4, 0.5) is 0 Å². The summed E-state index contributed by atoms with van der Waals surface area (Å²) < 4.78 is 4.99. The summed E-state index contributed by atoms with van der Waals surface area (Å²) in [5, 5.41) is 10.6. The third-order valence-corrected chi connectivity index (χ3v) is 3.49. The summed E-state index contributed by atoms with van der Waals surface area (Å²) >= 11 is 0. The third-order valence-electron chi connectivity index (χ3n) is 3.49. The maximum Gasteiger partial charge on any atom is 0.342 e. The van der Waals surface area contributed by atoms with E-state index < -0.39 is 11.6 Å². The quantitative estimate of drug-likeness (QED) is 0.799. The van der Waals surface area contributed by atoms with Gasteiger partial charge in [0.15, 0.2) is 5.60 Å². The fourth-order valence-corrected chi connectivity index (χ4v) is 2.48. The molecule has 0 aliphatic heterocycles. The monoisotopic (exact) mass is 234 g/mol. The second kappa shape index (κ2) is 4.49. The highest BCUT2D eigenvalue weighted by Crippen LogP contribution is 2.41. The Kier molecular flexibility index (Phi) is 3.20. The zero-order valence-electron chi connectivity index (χ0n) is 10.3. The maximum absolute atomic E-state index is 11.9. The number of carbonyl (C=O) groups is 1. The normalized spacial score (nSPS) is 27.4. The van der Waals surface area contributed by atoms with E-state index in [1.165, 1.54) is 0 Å². The Labute approximate surface area is 101 Å². The Hall–Kier alpha value is -1.35. The van der Waals surface area contributed by atoms with Crippen molar-refractivity contribution >= 4 is 5.97 Å². The average molecular weight is 234 g/mol. The molecule has 0 saturated heterocycles. The highest BCUT2D eigenvalue weighted by molar-refractivity contribution is 5.82. The first-order valence-electron chi connectivity index (χ1n) is 6.08. The van der Waals surface area contributed by atoms with E-state index in [4.69, 9.17) is 4.74 Å². The van der Waals surface area contributed by atoms with Gasteiger partial charge in [0, 0.05) is 0 Å². The largest absolute Gasteiger partial charge is 0.464 e. The van der Waals surface area contributed by atoms with E-state index in [1.54, 1.807) is 6.92 Å². The number of fused-ring (bicyclic) bond motifs is 1.